The molecule has 1 heterocycles. The average molecular weight is 306 g/mol. The van der Waals surface area contributed by atoms with E-state index >= 15 is 0 Å². The van der Waals surface area contributed by atoms with Crippen molar-refractivity contribution in [2.75, 3.05) is 25.6 Å². The predicted molar refractivity (Wildman–Crippen MR) is 74.6 cm³/mol. The molecule has 1 N–H and O–H groups in total. The summed E-state index contributed by atoms with van der Waals surface area (Å²) in [6.07, 6.45) is 1.31. The molecule has 0 aliphatic rings. The number of ether oxygens (including phenoxy) is 3. The zero-order chi connectivity index (χ0) is 15.8. The predicted octanol–water partition coefficient (Wildman–Crippen LogP) is 1.24. The van der Waals surface area contributed by atoms with Crippen LogP contribution in [0.4, 0.5) is 5.82 Å². The van der Waals surface area contributed by atoms with Gasteiger partial charge >= 0.3 is 5.97 Å². The number of benzene rings is 1. The molecule has 0 spiro atoms. The first-order chi connectivity index (χ1) is 10.7. The highest BCUT2D eigenvalue weighted by Crippen LogP contribution is 2.25. The SMILES string of the molecule is COc1ccccc1OCC(=O)OCC(=O)Nc1ccon1. The van der Waals surface area contributed by atoms with Crippen LogP contribution in [0.25, 0.3) is 0 Å². The van der Waals surface area contributed by atoms with Crippen LogP contribution in [0.1, 0.15) is 0 Å². The molecule has 2 rings (SSSR count). The molecule has 0 bridgehead atoms. The van der Waals surface area contributed by atoms with Crippen LogP contribution in [0.2, 0.25) is 0 Å². The normalized spacial score (nSPS) is 9.86. The molecule has 0 fully saturated rings. The molecule has 0 saturated carbocycles. The highest BCUT2D eigenvalue weighted by molar-refractivity contribution is 5.91. The van der Waals surface area contributed by atoms with Crippen LogP contribution in [0.3, 0.4) is 0 Å². The van der Waals surface area contributed by atoms with Crippen molar-refractivity contribution in [1.82, 2.24) is 5.16 Å². The van der Waals surface area contributed by atoms with E-state index < -0.39 is 18.5 Å². The van der Waals surface area contributed by atoms with E-state index in [2.05, 4.69) is 15.0 Å². The summed E-state index contributed by atoms with van der Waals surface area (Å²) in [6, 6.07) is 8.34. The van der Waals surface area contributed by atoms with Crippen LogP contribution in [0, 0.1) is 0 Å². The molecule has 0 unspecified atom stereocenters. The standard InChI is InChI=1S/C14H14N2O6/c1-19-10-4-2-3-5-11(10)20-9-14(18)21-8-13(17)15-12-6-7-22-16-12/h2-7H,8-9H2,1H3,(H,15,16,17). The summed E-state index contributed by atoms with van der Waals surface area (Å²) in [7, 11) is 1.49. The van der Waals surface area contributed by atoms with Crippen LogP contribution in [-0.4, -0.2) is 37.4 Å². The van der Waals surface area contributed by atoms with Crippen molar-refractivity contribution in [3.05, 3.63) is 36.6 Å². The van der Waals surface area contributed by atoms with Gasteiger partial charge in [-0.2, -0.15) is 0 Å². The van der Waals surface area contributed by atoms with Crippen LogP contribution in [-0.2, 0) is 14.3 Å². The van der Waals surface area contributed by atoms with Gasteiger partial charge in [0.2, 0.25) is 0 Å². The molecule has 8 nitrogen and oxygen atoms in total. The summed E-state index contributed by atoms with van der Waals surface area (Å²) in [6.45, 7) is -0.779. The number of carbonyl (C=O) groups excluding carboxylic acids is 2. The Morgan fingerprint density at radius 2 is 1.95 bits per heavy atom. The Labute approximate surface area is 125 Å². The van der Waals surface area contributed by atoms with Crippen LogP contribution in [0.5, 0.6) is 11.5 Å². The fraction of sp³-hybridized carbons (Fsp3) is 0.214. The molecule has 1 amide bonds. The summed E-state index contributed by atoms with van der Waals surface area (Å²) < 4.78 is 19.7. The van der Waals surface area contributed by atoms with Gasteiger partial charge in [0, 0.05) is 6.07 Å². The molecular formula is C14H14N2O6. The Balaban J connectivity index is 1.72. The van der Waals surface area contributed by atoms with Crippen molar-refractivity contribution in [3.63, 3.8) is 0 Å². The monoisotopic (exact) mass is 306 g/mol. The van der Waals surface area contributed by atoms with Gasteiger partial charge in [-0.15, -0.1) is 0 Å². The lowest BCUT2D eigenvalue weighted by Crippen LogP contribution is -2.23. The summed E-state index contributed by atoms with van der Waals surface area (Å²) in [5, 5.41) is 5.88. The molecule has 0 radical (unpaired) electrons. The first-order valence-electron chi connectivity index (χ1n) is 6.30. The third kappa shape index (κ3) is 4.51. The molecule has 22 heavy (non-hydrogen) atoms. The van der Waals surface area contributed by atoms with E-state index in [0.717, 1.165) is 0 Å². The number of esters is 1. The summed E-state index contributed by atoms with van der Waals surface area (Å²) in [4.78, 5) is 23.0. The van der Waals surface area contributed by atoms with Crippen molar-refractivity contribution in [2.45, 2.75) is 0 Å². The number of nitrogens with zero attached hydrogens (tertiary/aromatic N) is 1. The first-order valence-corrected chi connectivity index (χ1v) is 6.30. The lowest BCUT2D eigenvalue weighted by Gasteiger charge is -2.09. The third-order valence-electron chi connectivity index (χ3n) is 2.48. The van der Waals surface area contributed by atoms with E-state index in [1.807, 2.05) is 0 Å². The molecule has 0 aliphatic carbocycles. The van der Waals surface area contributed by atoms with Crippen molar-refractivity contribution < 1.29 is 28.3 Å². The van der Waals surface area contributed by atoms with Gasteiger partial charge in [0.15, 0.2) is 30.5 Å². The quantitative estimate of drug-likeness (QED) is 0.768. The maximum Gasteiger partial charge on any atom is 0.344 e. The zero-order valence-electron chi connectivity index (χ0n) is 11.8. The van der Waals surface area contributed by atoms with Crippen molar-refractivity contribution in [3.8, 4) is 11.5 Å². The van der Waals surface area contributed by atoms with E-state index in [1.54, 1.807) is 24.3 Å². The number of nitrogens with one attached hydrogen (secondary N) is 1. The van der Waals surface area contributed by atoms with E-state index in [1.165, 1.54) is 19.4 Å². The van der Waals surface area contributed by atoms with Gasteiger partial charge in [-0.25, -0.2) is 4.79 Å². The highest BCUT2D eigenvalue weighted by Gasteiger charge is 2.11. The lowest BCUT2D eigenvalue weighted by atomic mass is 10.3. The average Bonchev–Trinajstić information content (AvgIpc) is 3.04. The van der Waals surface area contributed by atoms with Crippen LogP contribution < -0.4 is 14.8 Å². The summed E-state index contributed by atoms with van der Waals surface area (Å²) in [5.41, 5.74) is 0. The van der Waals surface area contributed by atoms with Gasteiger partial charge in [0.05, 0.1) is 7.11 Å². The topological polar surface area (TPSA) is 99.9 Å². The minimum absolute atomic E-state index is 0.242. The molecule has 116 valence electrons. The number of carbonyl (C=O) groups is 2. The maximum atomic E-state index is 11.5. The number of methoxy groups -OCH3 is 1. The summed E-state index contributed by atoms with van der Waals surface area (Å²) >= 11 is 0. The number of anilines is 1. The molecule has 0 aliphatic heterocycles. The van der Waals surface area contributed by atoms with Crippen molar-refractivity contribution in [2.24, 2.45) is 0 Å². The number of rotatable bonds is 7. The minimum Gasteiger partial charge on any atom is -0.493 e. The van der Waals surface area contributed by atoms with Crippen LogP contribution in [0.15, 0.2) is 41.1 Å². The van der Waals surface area contributed by atoms with Gasteiger partial charge in [0.25, 0.3) is 5.91 Å². The Morgan fingerprint density at radius 3 is 2.64 bits per heavy atom. The Hall–Kier alpha value is -3.03. The number of hydrogen-bond donors (Lipinski definition) is 1. The van der Waals surface area contributed by atoms with Gasteiger partial charge in [0.1, 0.15) is 6.26 Å². The van der Waals surface area contributed by atoms with Gasteiger partial charge < -0.3 is 24.1 Å². The molecule has 1 aromatic heterocycles. The summed E-state index contributed by atoms with van der Waals surface area (Å²) in [5.74, 6) is -0.0554. The molecule has 0 atom stereocenters. The van der Waals surface area contributed by atoms with E-state index in [0.29, 0.717) is 11.5 Å². The first kappa shape index (κ1) is 15.4. The minimum atomic E-state index is -0.679. The third-order valence-corrected chi connectivity index (χ3v) is 2.48. The Morgan fingerprint density at radius 1 is 1.18 bits per heavy atom. The number of amides is 1. The second-order valence-electron chi connectivity index (χ2n) is 4.03. The second-order valence-corrected chi connectivity index (χ2v) is 4.03. The number of hydrogen-bond acceptors (Lipinski definition) is 7. The van der Waals surface area contributed by atoms with Gasteiger partial charge in [-0.05, 0) is 12.1 Å². The molecule has 2 aromatic rings. The Kier molecular flexibility index (Phi) is 5.36. The fourth-order valence-electron chi connectivity index (χ4n) is 1.52. The molecule has 0 saturated heterocycles. The van der Waals surface area contributed by atoms with Crippen molar-refractivity contribution >= 4 is 17.7 Å². The largest absolute Gasteiger partial charge is 0.493 e. The zero-order valence-corrected chi connectivity index (χ0v) is 11.8. The molecule has 1 aromatic carbocycles. The molecule has 8 heteroatoms. The second kappa shape index (κ2) is 7.67. The number of aromatic nitrogens is 1. The van der Waals surface area contributed by atoms with E-state index in [-0.39, 0.29) is 12.4 Å². The van der Waals surface area contributed by atoms with Gasteiger partial charge in [-0.1, -0.05) is 17.3 Å². The lowest BCUT2D eigenvalue weighted by molar-refractivity contribution is -0.149. The smallest absolute Gasteiger partial charge is 0.344 e. The van der Waals surface area contributed by atoms with Crippen LogP contribution >= 0.6 is 0 Å². The Bertz CT molecular complexity index is 626. The number of para-hydroxylation sites is 2. The maximum absolute atomic E-state index is 11.5. The highest BCUT2D eigenvalue weighted by atomic mass is 16.6. The fourth-order valence-corrected chi connectivity index (χ4v) is 1.52. The van der Waals surface area contributed by atoms with Crippen molar-refractivity contribution in [1.29, 1.82) is 0 Å². The molecular weight excluding hydrogens is 292 g/mol. The van der Waals surface area contributed by atoms with E-state index in [4.69, 9.17) is 14.2 Å². The van der Waals surface area contributed by atoms with E-state index in [9.17, 15) is 9.59 Å². The van der Waals surface area contributed by atoms with Gasteiger partial charge in [-0.3, -0.25) is 4.79 Å².